The predicted octanol–water partition coefficient (Wildman–Crippen LogP) is 6.06. The molecule has 8 rings (SSSR count). The number of alkyl carbamates (subject to hydrolysis) is 1. The number of H-pyrrole nitrogens is 2. The fourth-order valence-corrected chi connectivity index (χ4v) is 7.67. The second-order valence-electron chi connectivity index (χ2n) is 13.6. The number of rotatable bonds is 8. The fraction of sp³-hybridized carbons (Fsp3) is 0.395. The molecular weight excluding hydrogens is 651 g/mol. The average molecular weight is 693 g/mol. The molecule has 2 amide bonds. The largest absolute Gasteiger partial charge is 0.453 e. The maximum Gasteiger partial charge on any atom is 0.407 e. The zero-order valence-corrected chi connectivity index (χ0v) is 28.5. The molecule has 3 atom stereocenters. The Balaban J connectivity index is 0.983. The number of aromatic amines is 2. The van der Waals surface area contributed by atoms with Gasteiger partial charge in [0.15, 0.2) is 0 Å². The van der Waals surface area contributed by atoms with Crippen molar-refractivity contribution in [2.24, 2.45) is 5.92 Å². The van der Waals surface area contributed by atoms with E-state index < -0.39 is 18.0 Å². The number of nitrogens with one attached hydrogen (secondary N) is 4. The van der Waals surface area contributed by atoms with Gasteiger partial charge in [-0.1, -0.05) is 18.2 Å². The van der Waals surface area contributed by atoms with Crippen LogP contribution in [0.3, 0.4) is 0 Å². The standard InChI is InChI=1S/C38H41FN8O4/c1-50-38(49)46-34(22-12-16-51-17-13-22)37(48)47-15-3-5-33(47)36-42-21-32(45-36)25-6-9-26(27(39)19-25)29-11-8-23-18-24(7-10-28(23)43-29)31-20-41-35(44-31)30-4-2-14-40-30/h6-11,18-22,30,33-34,40H,2-5,12-17H2,1H3,(H,41,44)(H,42,45)(H,46,49)/t30-,33-,34-/m0/s1. The molecule has 0 radical (unpaired) electrons. The molecule has 0 saturated carbocycles. The molecule has 6 heterocycles. The molecule has 5 aromatic rings. The maximum absolute atomic E-state index is 15.7. The summed E-state index contributed by atoms with van der Waals surface area (Å²) in [5.74, 6) is 0.977. The molecular formula is C38H41FN8O4. The Bertz CT molecular complexity index is 2050. The fourth-order valence-electron chi connectivity index (χ4n) is 7.67. The molecule has 0 spiro atoms. The van der Waals surface area contributed by atoms with Crippen LogP contribution >= 0.6 is 0 Å². The lowest BCUT2D eigenvalue weighted by Gasteiger charge is -2.34. The Morgan fingerprint density at radius 2 is 1.71 bits per heavy atom. The summed E-state index contributed by atoms with van der Waals surface area (Å²) in [6.07, 6.45) is 8.01. The number of pyridine rings is 1. The molecule has 51 heavy (non-hydrogen) atoms. The van der Waals surface area contributed by atoms with Gasteiger partial charge in [0.05, 0.1) is 54.2 Å². The van der Waals surface area contributed by atoms with E-state index in [-0.39, 0.29) is 23.9 Å². The van der Waals surface area contributed by atoms with Gasteiger partial charge in [0.1, 0.15) is 23.5 Å². The van der Waals surface area contributed by atoms with Gasteiger partial charge in [0.2, 0.25) is 5.91 Å². The number of imidazole rings is 2. The van der Waals surface area contributed by atoms with Gasteiger partial charge < -0.3 is 35.0 Å². The first-order valence-corrected chi connectivity index (χ1v) is 17.7. The van der Waals surface area contributed by atoms with Gasteiger partial charge in [-0.25, -0.2) is 24.1 Å². The highest BCUT2D eigenvalue weighted by Crippen LogP contribution is 2.35. The Kier molecular flexibility index (Phi) is 9.22. The zero-order valence-electron chi connectivity index (χ0n) is 28.5. The minimum atomic E-state index is -0.715. The zero-order chi connectivity index (χ0) is 34.9. The Labute approximate surface area is 294 Å². The number of halogens is 1. The lowest BCUT2D eigenvalue weighted by molar-refractivity contribution is -0.136. The molecule has 3 saturated heterocycles. The number of carbonyl (C=O) groups excluding carboxylic acids is 2. The summed E-state index contributed by atoms with van der Waals surface area (Å²) in [5, 5.41) is 7.20. The number of nitrogens with zero attached hydrogens (tertiary/aromatic N) is 4. The van der Waals surface area contributed by atoms with Crippen molar-refractivity contribution < 1.29 is 23.5 Å². The summed E-state index contributed by atoms with van der Waals surface area (Å²) in [6, 6.07) is 14.2. The minimum Gasteiger partial charge on any atom is -0.453 e. The number of carbonyl (C=O) groups is 2. The topological polar surface area (TPSA) is 150 Å². The number of fused-ring (bicyclic) bond motifs is 1. The number of likely N-dealkylation sites (tertiary alicyclic amines) is 1. The van der Waals surface area contributed by atoms with Crippen LogP contribution in [0, 0.1) is 11.7 Å². The van der Waals surface area contributed by atoms with Crippen LogP contribution in [0.5, 0.6) is 0 Å². The van der Waals surface area contributed by atoms with Crippen molar-refractivity contribution in [2.45, 2.75) is 56.7 Å². The van der Waals surface area contributed by atoms with E-state index in [1.165, 1.54) is 13.2 Å². The van der Waals surface area contributed by atoms with Crippen LogP contribution in [0.4, 0.5) is 9.18 Å². The quantitative estimate of drug-likeness (QED) is 0.153. The Morgan fingerprint density at radius 1 is 0.941 bits per heavy atom. The predicted molar refractivity (Wildman–Crippen MR) is 189 cm³/mol. The summed E-state index contributed by atoms with van der Waals surface area (Å²) in [4.78, 5) is 48.7. The van der Waals surface area contributed by atoms with Crippen LogP contribution in [-0.4, -0.2) is 81.3 Å². The van der Waals surface area contributed by atoms with Gasteiger partial charge in [-0.05, 0) is 81.3 Å². The van der Waals surface area contributed by atoms with Gasteiger partial charge >= 0.3 is 6.09 Å². The molecule has 3 aliphatic heterocycles. The number of benzene rings is 2. The van der Waals surface area contributed by atoms with E-state index in [9.17, 15) is 9.59 Å². The summed E-state index contributed by atoms with van der Waals surface area (Å²) >= 11 is 0. The number of amides is 2. The van der Waals surface area contributed by atoms with Gasteiger partial charge in [-0.3, -0.25) is 4.79 Å². The normalized spacial score (nSPS) is 20.2. The van der Waals surface area contributed by atoms with Crippen LogP contribution in [0.2, 0.25) is 0 Å². The monoisotopic (exact) mass is 692 g/mol. The SMILES string of the molecule is COC(=O)N[C@H](C(=O)N1CCC[C@H]1c1ncc(-c2ccc(-c3ccc4cc(-c5cnc([C@@H]6CCCN6)[nH]5)ccc4n3)c(F)c2)[nH]1)C1CCOCC1. The second kappa shape index (κ2) is 14.2. The first-order valence-electron chi connectivity index (χ1n) is 17.7. The lowest BCUT2D eigenvalue weighted by Crippen LogP contribution is -2.53. The Hall–Kier alpha value is -5.14. The van der Waals surface area contributed by atoms with Crippen LogP contribution in [-0.2, 0) is 14.3 Å². The number of aromatic nitrogens is 5. The molecule has 0 bridgehead atoms. The number of hydrogen-bond acceptors (Lipinski definition) is 8. The number of hydrogen-bond donors (Lipinski definition) is 4. The molecule has 264 valence electrons. The van der Waals surface area contributed by atoms with E-state index in [0.717, 1.165) is 60.2 Å². The van der Waals surface area contributed by atoms with E-state index >= 15 is 4.39 Å². The van der Waals surface area contributed by atoms with Crippen LogP contribution in [0.15, 0.2) is 60.9 Å². The second-order valence-corrected chi connectivity index (χ2v) is 13.6. The number of methoxy groups -OCH3 is 1. The molecule has 3 aromatic heterocycles. The van der Waals surface area contributed by atoms with Crippen LogP contribution < -0.4 is 10.6 Å². The highest BCUT2D eigenvalue weighted by Gasteiger charge is 2.40. The Morgan fingerprint density at radius 3 is 2.47 bits per heavy atom. The van der Waals surface area contributed by atoms with Crippen molar-refractivity contribution in [3.05, 3.63) is 78.4 Å². The van der Waals surface area contributed by atoms with Gasteiger partial charge in [-0.2, -0.15) is 0 Å². The first kappa shape index (κ1) is 33.0. The van der Waals surface area contributed by atoms with Crippen molar-refractivity contribution in [1.29, 1.82) is 0 Å². The molecule has 0 unspecified atom stereocenters. The van der Waals surface area contributed by atoms with Crippen molar-refractivity contribution in [3.8, 4) is 33.8 Å². The molecule has 13 heteroatoms. The molecule has 4 N–H and O–H groups in total. The first-order chi connectivity index (χ1) is 24.9. The lowest BCUT2D eigenvalue weighted by atomic mass is 9.90. The molecule has 3 fully saturated rings. The van der Waals surface area contributed by atoms with E-state index in [2.05, 4.69) is 36.6 Å². The summed E-state index contributed by atoms with van der Waals surface area (Å²) in [6.45, 7) is 2.65. The molecule has 0 aliphatic carbocycles. The van der Waals surface area contributed by atoms with Crippen molar-refractivity contribution in [2.75, 3.05) is 33.4 Å². The summed E-state index contributed by atoms with van der Waals surface area (Å²) in [7, 11) is 1.29. The van der Waals surface area contributed by atoms with E-state index in [1.807, 2.05) is 36.5 Å². The van der Waals surface area contributed by atoms with Crippen LogP contribution in [0.1, 0.15) is 62.3 Å². The highest BCUT2D eigenvalue weighted by molar-refractivity contribution is 5.87. The van der Waals surface area contributed by atoms with Crippen molar-refractivity contribution in [3.63, 3.8) is 0 Å². The minimum absolute atomic E-state index is 0.0516. The van der Waals surface area contributed by atoms with E-state index in [0.29, 0.717) is 60.9 Å². The third-order valence-corrected chi connectivity index (χ3v) is 10.5. The molecule has 12 nitrogen and oxygen atoms in total. The third-order valence-electron chi connectivity index (χ3n) is 10.5. The van der Waals surface area contributed by atoms with E-state index in [1.54, 1.807) is 17.2 Å². The highest BCUT2D eigenvalue weighted by atomic mass is 19.1. The summed E-state index contributed by atoms with van der Waals surface area (Å²) < 4.78 is 26.0. The van der Waals surface area contributed by atoms with Crippen molar-refractivity contribution in [1.82, 2.24) is 40.5 Å². The van der Waals surface area contributed by atoms with Gasteiger partial charge in [0.25, 0.3) is 0 Å². The van der Waals surface area contributed by atoms with Gasteiger partial charge in [0, 0.05) is 41.8 Å². The van der Waals surface area contributed by atoms with Crippen molar-refractivity contribution >= 4 is 22.9 Å². The maximum atomic E-state index is 15.7. The molecule has 3 aliphatic rings. The molecule has 2 aromatic carbocycles. The summed E-state index contributed by atoms with van der Waals surface area (Å²) in [5.41, 5.74) is 4.97. The van der Waals surface area contributed by atoms with Gasteiger partial charge in [-0.15, -0.1) is 0 Å². The van der Waals surface area contributed by atoms with Crippen LogP contribution in [0.25, 0.3) is 44.7 Å². The van der Waals surface area contributed by atoms with E-state index in [4.69, 9.17) is 14.5 Å². The third kappa shape index (κ3) is 6.71. The smallest absolute Gasteiger partial charge is 0.407 e. The average Bonchev–Trinajstić information content (AvgIpc) is 4.00. The number of ether oxygens (including phenoxy) is 2.